The average molecular weight is 572 g/mol. The van der Waals surface area contributed by atoms with Gasteiger partial charge in [0.05, 0.1) is 23.2 Å². The molecule has 0 bridgehead atoms. The van der Waals surface area contributed by atoms with Gasteiger partial charge in [-0.25, -0.2) is 13.2 Å². The smallest absolute Gasteiger partial charge is 0.414 e. The molecule has 0 spiro atoms. The summed E-state index contributed by atoms with van der Waals surface area (Å²) in [5.41, 5.74) is -0.605. The molecular formula is C27H38ClNO8S. The van der Waals surface area contributed by atoms with Crippen molar-refractivity contribution >= 4 is 33.4 Å². The van der Waals surface area contributed by atoms with Gasteiger partial charge in [0.2, 0.25) is 5.91 Å². The molecule has 1 aromatic carbocycles. The number of allylic oxidation sites excluding steroid dienone is 1. The number of aryl methyl sites for hydroxylation is 1. The van der Waals surface area contributed by atoms with E-state index in [2.05, 4.69) is 0 Å². The second-order valence-corrected chi connectivity index (χ2v) is 13.0. The third-order valence-corrected chi connectivity index (χ3v) is 9.39. The molecule has 2 fully saturated rings. The first-order chi connectivity index (χ1) is 17.8. The topological polar surface area (TPSA) is 132 Å². The molecule has 212 valence electrons. The normalized spacial score (nSPS) is 30.8. The first-order valence-electron chi connectivity index (χ1n) is 12.7. The van der Waals surface area contributed by atoms with Crippen molar-refractivity contribution < 1.29 is 37.3 Å². The average Bonchev–Trinajstić information content (AvgIpc) is 3.52. The van der Waals surface area contributed by atoms with Crippen molar-refractivity contribution in [2.75, 3.05) is 24.5 Å². The Kier molecular flexibility index (Phi) is 10.0. The fraction of sp³-hybridized carbons (Fsp3) is 0.630. The number of hydrogen-bond acceptors (Lipinski definition) is 8. The highest BCUT2D eigenvalue weighted by atomic mass is 35.5. The number of carbonyl (C=O) groups excluding carboxylic acids is 2. The van der Waals surface area contributed by atoms with Gasteiger partial charge in [0, 0.05) is 13.0 Å². The van der Waals surface area contributed by atoms with Crippen LogP contribution >= 0.6 is 11.6 Å². The van der Waals surface area contributed by atoms with Crippen LogP contribution in [0, 0.1) is 5.92 Å². The lowest BCUT2D eigenvalue weighted by atomic mass is 9.66. The Labute approximate surface area is 229 Å². The number of alkyl carbamates (subject to hydrolysis) is 1. The Hall–Kier alpha value is -1.98. The second kappa shape index (κ2) is 12.5. The van der Waals surface area contributed by atoms with E-state index in [-0.39, 0.29) is 24.7 Å². The summed E-state index contributed by atoms with van der Waals surface area (Å²) in [7, 11) is -2.27. The Morgan fingerprint density at radius 3 is 2.55 bits per heavy atom. The molecule has 1 saturated carbocycles. The molecular weight excluding hydrogens is 534 g/mol. The number of alkyl halides is 1. The highest BCUT2D eigenvalue weighted by Gasteiger charge is 2.68. The van der Waals surface area contributed by atoms with Crippen molar-refractivity contribution in [1.29, 1.82) is 0 Å². The van der Waals surface area contributed by atoms with Gasteiger partial charge in [0.1, 0.15) is 23.7 Å². The molecule has 6 unspecified atom stereocenters. The van der Waals surface area contributed by atoms with E-state index in [1.54, 1.807) is 0 Å². The summed E-state index contributed by atoms with van der Waals surface area (Å²) in [5, 5.41) is 14.0. The van der Waals surface area contributed by atoms with Crippen LogP contribution in [-0.4, -0.2) is 79.5 Å². The number of hydrogen-bond donors (Lipinski definition) is 2. The SMILES string of the molecule is COC1C(OC(=O)NC(=O)CCl)CCC(O)(CS(=O)(=O)CCc2ccccc2)C1C1(C)OC1CC=C(C)C. The maximum Gasteiger partial charge on any atom is 0.414 e. The summed E-state index contributed by atoms with van der Waals surface area (Å²) in [6.45, 7) is 5.77. The summed E-state index contributed by atoms with van der Waals surface area (Å²) < 4.78 is 43.9. The molecule has 6 atom stereocenters. The van der Waals surface area contributed by atoms with Crippen molar-refractivity contribution in [2.45, 2.75) is 76.0 Å². The number of aliphatic hydroxyl groups is 1. The zero-order valence-electron chi connectivity index (χ0n) is 22.3. The van der Waals surface area contributed by atoms with Gasteiger partial charge in [-0.15, -0.1) is 11.6 Å². The summed E-state index contributed by atoms with van der Waals surface area (Å²) in [6, 6.07) is 9.30. The molecule has 1 aliphatic carbocycles. The molecule has 2 N–H and O–H groups in total. The van der Waals surface area contributed by atoms with Crippen molar-refractivity contribution in [3.05, 3.63) is 47.5 Å². The van der Waals surface area contributed by atoms with Gasteiger partial charge in [-0.2, -0.15) is 0 Å². The lowest BCUT2D eigenvalue weighted by molar-refractivity contribution is -0.170. The zero-order chi connectivity index (χ0) is 28.1. The summed E-state index contributed by atoms with van der Waals surface area (Å²) in [4.78, 5) is 23.8. The summed E-state index contributed by atoms with van der Waals surface area (Å²) >= 11 is 5.46. The molecule has 2 aliphatic rings. The van der Waals surface area contributed by atoms with Crippen molar-refractivity contribution in [3.8, 4) is 0 Å². The predicted octanol–water partition coefficient (Wildman–Crippen LogP) is 3.17. The number of methoxy groups -OCH3 is 1. The van der Waals surface area contributed by atoms with Crippen LogP contribution in [-0.2, 0) is 35.3 Å². The second-order valence-electron chi connectivity index (χ2n) is 10.6. The Balaban J connectivity index is 1.86. The highest BCUT2D eigenvalue weighted by molar-refractivity contribution is 7.91. The van der Waals surface area contributed by atoms with Gasteiger partial charge < -0.3 is 19.3 Å². The summed E-state index contributed by atoms with van der Waals surface area (Å²) in [5.74, 6) is -2.54. The van der Waals surface area contributed by atoms with Gasteiger partial charge in [-0.3, -0.25) is 10.1 Å². The van der Waals surface area contributed by atoms with E-state index >= 15 is 0 Å². The quantitative estimate of drug-likeness (QED) is 0.235. The standard InChI is InChI=1S/C27H38ClNO8S/c1-18(2)10-11-21-26(3,37-21)24-23(35-4)20(36-25(31)29-22(30)16-28)12-14-27(24,32)17-38(33,34)15-13-19-8-6-5-7-9-19/h5-10,20-21,23-24,32H,11-17H2,1-4H3,(H,29,30,31). The predicted molar refractivity (Wildman–Crippen MR) is 144 cm³/mol. The van der Waals surface area contributed by atoms with E-state index in [1.165, 1.54) is 7.11 Å². The molecule has 1 heterocycles. The molecule has 3 rings (SSSR count). The molecule has 1 saturated heterocycles. The number of imide groups is 1. The van der Waals surface area contributed by atoms with Crippen LogP contribution in [0.1, 0.15) is 45.6 Å². The van der Waals surface area contributed by atoms with Crippen LogP contribution in [0.2, 0.25) is 0 Å². The van der Waals surface area contributed by atoms with Crippen molar-refractivity contribution in [1.82, 2.24) is 5.32 Å². The van der Waals surface area contributed by atoms with Gasteiger partial charge in [0.25, 0.3) is 0 Å². The first-order valence-corrected chi connectivity index (χ1v) is 15.1. The largest absolute Gasteiger partial charge is 0.443 e. The number of amides is 2. The minimum absolute atomic E-state index is 0.0395. The van der Waals surface area contributed by atoms with E-state index in [4.69, 9.17) is 25.8 Å². The number of benzene rings is 1. The number of halogens is 1. The summed E-state index contributed by atoms with van der Waals surface area (Å²) in [6.07, 6.45) is 0.134. The Morgan fingerprint density at radius 2 is 1.95 bits per heavy atom. The Bertz CT molecular complexity index is 1120. The van der Waals surface area contributed by atoms with E-state index in [0.717, 1.165) is 11.1 Å². The van der Waals surface area contributed by atoms with Crippen LogP contribution < -0.4 is 5.32 Å². The molecule has 1 aliphatic heterocycles. The molecule has 1 aromatic rings. The van der Waals surface area contributed by atoms with Crippen LogP contribution in [0.15, 0.2) is 42.0 Å². The minimum Gasteiger partial charge on any atom is -0.443 e. The van der Waals surface area contributed by atoms with Crippen LogP contribution in [0.3, 0.4) is 0 Å². The van der Waals surface area contributed by atoms with Crippen LogP contribution in [0.5, 0.6) is 0 Å². The number of sulfone groups is 1. The Morgan fingerprint density at radius 1 is 1.26 bits per heavy atom. The zero-order valence-corrected chi connectivity index (χ0v) is 23.9. The fourth-order valence-corrected chi connectivity index (χ4v) is 7.37. The molecule has 9 nitrogen and oxygen atoms in total. The monoisotopic (exact) mass is 571 g/mol. The minimum atomic E-state index is -3.69. The highest BCUT2D eigenvalue weighted by Crippen LogP contribution is 2.55. The number of rotatable bonds is 11. The molecule has 0 aromatic heterocycles. The number of carbonyl (C=O) groups is 2. The number of nitrogens with one attached hydrogen (secondary N) is 1. The van der Waals surface area contributed by atoms with E-state index < -0.39 is 62.8 Å². The van der Waals surface area contributed by atoms with Crippen LogP contribution in [0.4, 0.5) is 4.79 Å². The fourth-order valence-electron chi connectivity index (χ4n) is 5.52. The lowest BCUT2D eigenvalue weighted by Crippen LogP contribution is -2.63. The van der Waals surface area contributed by atoms with E-state index in [9.17, 15) is 23.1 Å². The molecule has 0 radical (unpaired) electrons. The maximum atomic E-state index is 13.3. The first kappa shape index (κ1) is 30.6. The molecule has 11 heteroatoms. The third-order valence-electron chi connectivity index (χ3n) is 7.38. The lowest BCUT2D eigenvalue weighted by Gasteiger charge is -2.48. The van der Waals surface area contributed by atoms with Gasteiger partial charge in [-0.1, -0.05) is 42.0 Å². The van der Waals surface area contributed by atoms with Crippen molar-refractivity contribution in [2.24, 2.45) is 5.92 Å². The third kappa shape index (κ3) is 7.57. The van der Waals surface area contributed by atoms with Gasteiger partial charge in [-0.05, 0) is 52.0 Å². The van der Waals surface area contributed by atoms with Gasteiger partial charge >= 0.3 is 6.09 Å². The number of ether oxygens (including phenoxy) is 3. The van der Waals surface area contributed by atoms with E-state index in [0.29, 0.717) is 12.8 Å². The van der Waals surface area contributed by atoms with Crippen LogP contribution in [0.25, 0.3) is 0 Å². The van der Waals surface area contributed by atoms with Gasteiger partial charge in [0.15, 0.2) is 9.84 Å². The van der Waals surface area contributed by atoms with E-state index in [1.807, 2.05) is 62.5 Å². The number of epoxide rings is 1. The van der Waals surface area contributed by atoms with Crippen molar-refractivity contribution in [3.63, 3.8) is 0 Å². The molecule has 2 amide bonds. The maximum absolute atomic E-state index is 13.3. The molecule has 38 heavy (non-hydrogen) atoms.